The number of hydrogen-bond acceptors (Lipinski definition) is 3. The van der Waals surface area contributed by atoms with Crippen LogP contribution in [0.4, 0.5) is 0 Å². The lowest BCUT2D eigenvalue weighted by molar-refractivity contribution is 0.0948. The number of amides is 1. The highest BCUT2D eigenvalue weighted by molar-refractivity contribution is 5.92. The molecule has 2 heterocycles. The third-order valence-corrected chi connectivity index (χ3v) is 5.33. The number of nitrogens with one attached hydrogen (secondary N) is 1. The lowest BCUT2D eigenvalue weighted by atomic mass is 10.1. The Balaban J connectivity index is 1.49. The second-order valence-electron chi connectivity index (χ2n) is 7.61. The Morgan fingerprint density at radius 1 is 1.03 bits per heavy atom. The largest absolute Gasteiger partial charge is 0.351 e. The molecule has 2 aromatic carbocycles. The van der Waals surface area contributed by atoms with Crippen molar-refractivity contribution in [2.45, 2.75) is 33.2 Å². The molecule has 0 atom stereocenters. The number of carbonyl (C=O) groups excluding carboxylic acids is 1. The normalized spacial score (nSPS) is 11.0. The van der Waals surface area contributed by atoms with Gasteiger partial charge in [0.05, 0.1) is 11.0 Å². The molecular formula is C25H26N4O. The molecule has 152 valence electrons. The molecular weight excluding hydrogens is 372 g/mol. The van der Waals surface area contributed by atoms with Crippen LogP contribution in [-0.2, 0) is 13.0 Å². The lowest BCUT2D eigenvalue weighted by Gasteiger charge is -2.13. The zero-order valence-electron chi connectivity index (χ0n) is 17.4. The van der Waals surface area contributed by atoms with E-state index in [0.29, 0.717) is 12.2 Å². The molecule has 0 aliphatic heterocycles. The predicted molar refractivity (Wildman–Crippen MR) is 120 cm³/mol. The summed E-state index contributed by atoms with van der Waals surface area (Å²) in [6, 6.07) is 20.2. The average Bonchev–Trinajstić information content (AvgIpc) is 3.11. The first kappa shape index (κ1) is 19.8. The van der Waals surface area contributed by atoms with Crippen LogP contribution in [0.1, 0.15) is 39.4 Å². The van der Waals surface area contributed by atoms with Gasteiger partial charge in [-0.05, 0) is 55.7 Å². The monoisotopic (exact) mass is 398 g/mol. The first-order chi connectivity index (χ1) is 14.6. The summed E-state index contributed by atoms with van der Waals surface area (Å²) >= 11 is 0. The Morgan fingerprint density at radius 3 is 2.70 bits per heavy atom. The van der Waals surface area contributed by atoms with Crippen LogP contribution in [0.2, 0.25) is 0 Å². The molecule has 0 aliphatic carbocycles. The highest BCUT2D eigenvalue weighted by Crippen LogP contribution is 2.21. The average molecular weight is 399 g/mol. The van der Waals surface area contributed by atoms with Gasteiger partial charge in [-0.15, -0.1) is 0 Å². The van der Waals surface area contributed by atoms with Crippen molar-refractivity contribution in [3.8, 4) is 0 Å². The summed E-state index contributed by atoms with van der Waals surface area (Å²) in [4.78, 5) is 21.1. The molecule has 0 saturated carbocycles. The first-order valence-electron chi connectivity index (χ1n) is 10.3. The second kappa shape index (κ2) is 8.91. The molecule has 0 spiro atoms. The van der Waals surface area contributed by atoms with Gasteiger partial charge in [-0.3, -0.25) is 9.78 Å². The minimum Gasteiger partial charge on any atom is -0.351 e. The Morgan fingerprint density at radius 2 is 1.87 bits per heavy atom. The molecule has 1 N–H and O–H groups in total. The van der Waals surface area contributed by atoms with E-state index in [4.69, 9.17) is 4.98 Å². The van der Waals surface area contributed by atoms with E-state index in [0.717, 1.165) is 36.2 Å². The maximum atomic E-state index is 12.2. The third-order valence-electron chi connectivity index (χ3n) is 5.33. The Hall–Kier alpha value is -3.47. The van der Waals surface area contributed by atoms with Crippen molar-refractivity contribution in [1.82, 2.24) is 19.9 Å². The van der Waals surface area contributed by atoms with Crippen LogP contribution in [0.5, 0.6) is 0 Å². The number of aryl methyl sites for hydroxylation is 3. The number of nitrogens with zero attached hydrogens (tertiary/aromatic N) is 3. The minimum absolute atomic E-state index is 0.139. The topological polar surface area (TPSA) is 59.8 Å². The van der Waals surface area contributed by atoms with Gasteiger partial charge in [0.1, 0.15) is 11.5 Å². The standard InChI is InChI=1S/C25H26N4O/c1-18-12-13-19(2)20(16-18)17-29-23-10-4-3-8-21(23)28-24(29)11-7-15-27-25(30)22-9-5-6-14-26-22/h3-6,8-10,12-14,16H,7,11,15,17H2,1-2H3,(H,27,30). The van der Waals surface area contributed by atoms with Gasteiger partial charge in [0.15, 0.2) is 0 Å². The second-order valence-corrected chi connectivity index (χ2v) is 7.61. The van der Waals surface area contributed by atoms with Crippen molar-refractivity contribution in [3.63, 3.8) is 0 Å². The summed E-state index contributed by atoms with van der Waals surface area (Å²) < 4.78 is 2.30. The van der Waals surface area contributed by atoms with Crippen molar-refractivity contribution in [2.24, 2.45) is 0 Å². The fourth-order valence-corrected chi connectivity index (χ4v) is 3.67. The van der Waals surface area contributed by atoms with E-state index in [1.54, 1.807) is 18.3 Å². The molecule has 30 heavy (non-hydrogen) atoms. The summed E-state index contributed by atoms with van der Waals surface area (Å²) in [5, 5.41) is 2.95. The number of aromatic nitrogens is 3. The van der Waals surface area contributed by atoms with Gasteiger partial charge >= 0.3 is 0 Å². The Labute approximate surface area is 176 Å². The number of pyridine rings is 1. The fraction of sp³-hybridized carbons (Fsp3) is 0.240. The third kappa shape index (κ3) is 4.40. The minimum atomic E-state index is -0.139. The van der Waals surface area contributed by atoms with Crippen LogP contribution in [0.3, 0.4) is 0 Å². The summed E-state index contributed by atoms with van der Waals surface area (Å²) in [6.07, 6.45) is 3.24. The molecule has 0 fully saturated rings. The van der Waals surface area contributed by atoms with Crippen molar-refractivity contribution >= 4 is 16.9 Å². The molecule has 5 heteroatoms. The number of carbonyl (C=O) groups is 1. The van der Waals surface area contributed by atoms with Gasteiger partial charge in [0, 0.05) is 25.7 Å². The quantitative estimate of drug-likeness (QED) is 0.468. The fourth-order valence-electron chi connectivity index (χ4n) is 3.67. The molecule has 4 rings (SSSR count). The molecule has 0 radical (unpaired) electrons. The van der Waals surface area contributed by atoms with Gasteiger partial charge in [-0.25, -0.2) is 4.98 Å². The summed E-state index contributed by atoms with van der Waals surface area (Å²) in [7, 11) is 0. The van der Waals surface area contributed by atoms with Gasteiger partial charge < -0.3 is 9.88 Å². The van der Waals surface area contributed by atoms with Crippen LogP contribution in [0, 0.1) is 13.8 Å². The Kier molecular flexibility index (Phi) is 5.89. The van der Waals surface area contributed by atoms with Gasteiger partial charge in [-0.1, -0.05) is 42.0 Å². The molecule has 0 unspecified atom stereocenters. The number of rotatable bonds is 7. The van der Waals surface area contributed by atoms with E-state index in [1.165, 1.54) is 16.7 Å². The van der Waals surface area contributed by atoms with E-state index >= 15 is 0 Å². The van der Waals surface area contributed by atoms with Crippen LogP contribution in [-0.4, -0.2) is 27.0 Å². The smallest absolute Gasteiger partial charge is 0.269 e. The molecule has 4 aromatic rings. The van der Waals surface area contributed by atoms with Gasteiger partial charge in [-0.2, -0.15) is 0 Å². The van der Waals surface area contributed by atoms with Crippen LogP contribution < -0.4 is 5.32 Å². The van der Waals surface area contributed by atoms with Gasteiger partial charge in [0.25, 0.3) is 5.91 Å². The summed E-state index contributed by atoms with van der Waals surface area (Å²) in [5.41, 5.74) is 6.45. The summed E-state index contributed by atoms with van der Waals surface area (Å²) in [6.45, 7) is 5.66. The number of fused-ring (bicyclic) bond motifs is 1. The maximum Gasteiger partial charge on any atom is 0.269 e. The molecule has 1 amide bonds. The highest BCUT2D eigenvalue weighted by atomic mass is 16.1. The van der Waals surface area contributed by atoms with Crippen molar-refractivity contribution in [2.75, 3.05) is 6.54 Å². The number of benzene rings is 2. The summed E-state index contributed by atoms with van der Waals surface area (Å²) in [5.74, 6) is 0.906. The van der Waals surface area contributed by atoms with Crippen molar-refractivity contribution in [3.05, 3.63) is 95.1 Å². The van der Waals surface area contributed by atoms with Crippen LogP contribution in [0.15, 0.2) is 66.9 Å². The maximum absolute atomic E-state index is 12.2. The lowest BCUT2D eigenvalue weighted by Crippen LogP contribution is -2.25. The van der Waals surface area contributed by atoms with E-state index in [-0.39, 0.29) is 5.91 Å². The predicted octanol–water partition coefficient (Wildman–Crippen LogP) is 4.46. The van der Waals surface area contributed by atoms with E-state index in [2.05, 4.69) is 65.1 Å². The molecule has 0 aliphatic rings. The molecule has 2 aromatic heterocycles. The zero-order chi connectivity index (χ0) is 20.9. The first-order valence-corrected chi connectivity index (χ1v) is 10.3. The van der Waals surface area contributed by atoms with Crippen LogP contribution in [0.25, 0.3) is 11.0 Å². The highest BCUT2D eigenvalue weighted by Gasteiger charge is 2.12. The van der Waals surface area contributed by atoms with E-state index in [9.17, 15) is 4.79 Å². The van der Waals surface area contributed by atoms with Gasteiger partial charge in [0.2, 0.25) is 0 Å². The molecule has 5 nitrogen and oxygen atoms in total. The van der Waals surface area contributed by atoms with Crippen molar-refractivity contribution in [1.29, 1.82) is 0 Å². The van der Waals surface area contributed by atoms with Crippen molar-refractivity contribution < 1.29 is 4.79 Å². The Bertz CT molecular complexity index is 1160. The number of hydrogen-bond donors (Lipinski definition) is 1. The number of imidazole rings is 1. The SMILES string of the molecule is Cc1ccc(C)c(Cn2c(CCCNC(=O)c3ccccn3)nc3ccccc32)c1. The van der Waals surface area contributed by atoms with E-state index < -0.39 is 0 Å². The molecule has 0 bridgehead atoms. The zero-order valence-corrected chi connectivity index (χ0v) is 17.4. The van der Waals surface area contributed by atoms with E-state index in [1.807, 2.05) is 12.1 Å². The van der Waals surface area contributed by atoms with Crippen LogP contribution >= 0.6 is 0 Å². The molecule has 0 saturated heterocycles. The number of para-hydroxylation sites is 2.